The van der Waals surface area contributed by atoms with Crippen molar-refractivity contribution < 1.29 is 27.8 Å². The summed E-state index contributed by atoms with van der Waals surface area (Å²) in [5.41, 5.74) is 1.07. The first-order chi connectivity index (χ1) is 16.6. The second-order valence-corrected chi connectivity index (χ2v) is 9.15. The minimum absolute atomic E-state index is 0.0288. The highest BCUT2D eigenvalue weighted by Gasteiger charge is 2.29. The minimum Gasteiger partial charge on any atom is -0.491 e. The molecule has 1 N–H and O–H groups in total. The number of carbonyl (C=O) groups is 2. The Balaban J connectivity index is 1.96. The average Bonchev–Trinajstić information content (AvgIpc) is 2.81. The molecule has 2 aromatic rings. The Bertz CT molecular complexity index is 1060. The van der Waals surface area contributed by atoms with Gasteiger partial charge >= 0.3 is 0 Å². The maximum absolute atomic E-state index is 14.4. The molecule has 1 aliphatic heterocycles. The second kappa shape index (κ2) is 11.6. The number of carbonyl (C=O) groups excluding carboxylic acids is 2. The normalized spacial score (nSPS) is 22.0. The summed E-state index contributed by atoms with van der Waals surface area (Å²) in [6.45, 7) is 6.58. The second-order valence-electron chi connectivity index (χ2n) is 9.15. The highest BCUT2D eigenvalue weighted by Crippen LogP contribution is 2.27. The molecule has 0 saturated heterocycles. The van der Waals surface area contributed by atoms with Crippen LogP contribution in [-0.2, 0) is 16.1 Å². The molecule has 0 radical (unpaired) electrons. The molecule has 35 heavy (non-hydrogen) atoms. The Hall–Kier alpha value is -3.04. The summed E-state index contributed by atoms with van der Waals surface area (Å²) in [5.74, 6) is -1.12. The van der Waals surface area contributed by atoms with Gasteiger partial charge < -0.3 is 19.7 Å². The Morgan fingerprint density at radius 2 is 1.91 bits per heavy atom. The van der Waals surface area contributed by atoms with Crippen LogP contribution in [0, 0.1) is 17.6 Å². The quantitative estimate of drug-likeness (QED) is 0.705. The van der Waals surface area contributed by atoms with Gasteiger partial charge in [-0.2, -0.15) is 0 Å². The van der Waals surface area contributed by atoms with Crippen molar-refractivity contribution >= 4 is 17.5 Å². The first-order valence-corrected chi connectivity index (χ1v) is 11.6. The molecule has 3 atom stereocenters. The van der Waals surface area contributed by atoms with Gasteiger partial charge in [0.25, 0.3) is 5.91 Å². The Morgan fingerprint density at radius 3 is 2.60 bits per heavy atom. The zero-order valence-electron chi connectivity index (χ0n) is 20.8. The molecule has 0 saturated carbocycles. The topological polar surface area (TPSA) is 71.1 Å². The molecule has 1 heterocycles. The first kappa shape index (κ1) is 26.6. The number of nitrogens with zero attached hydrogens (tertiary/aromatic N) is 2. The summed E-state index contributed by atoms with van der Waals surface area (Å²) >= 11 is 0. The van der Waals surface area contributed by atoms with E-state index < -0.39 is 11.6 Å². The molecule has 0 aliphatic carbocycles. The Morgan fingerprint density at radius 1 is 1.17 bits per heavy atom. The zero-order chi connectivity index (χ0) is 25.7. The van der Waals surface area contributed by atoms with Crippen molar-refractivity contribution in [1.29, 1.82) is 0 Å². The molecule has 190 valence electrons. The van der Waals surface area contributed by atoms with Gasteiger partial charge in [0.15, 0.2) is 0 Å². The number of nitrogens with one attached hydrogen (secondary N) is 1. The van der Waals surface area contributed by atoms with Crippen LogP contribution in [0.1, 0.15) is 36.7 Å². The molecule has 0 fully saturated rings. The van der Waals surface area contributed by atoms with E-state index in [2.05, 4.69) is 5.32 Å². The lowest BCUT2D eigenvalue weighted by atomic mass is 10.0. The minimum atomic E-state index is -0.494. The fourth-order valence-electron chi connectivity index (χ4n) is 4.24. The third kappa shape index (κ3) is 6.76. The van der Waals surface area contributed by atoms with E-state index in [1.807, 2.05) is 18.7 Å². The van der Waals surface area contributed by atoms with Crippen molar-refractivity contribution in [2.75, 3.05) is 39.2 Å². The van der Waals surface area contributed by atoms with Crippen LogP contribution < -0.4 is 10.1 Å². The highest BCUT2D eigenvalue weighted by atomic mass is 19.1. The van der Waals surface area contributed by atoms with Gasteiger partial charge in [0, 0.05) is 58.0 Å². The number of rotatable bonds is 4. The molecular weight excluding hydrogens is 456 g/mol. The SMILES string of the molecule is CO[C@@H]1CN(C)C(=O)c2cc(NC(C)=O)ccc2OC[C@H](C)N(Cc2cc(F)ccc2F)C[C@H]1C. The summed E-state index contributed by atoms with van der Waals surface area (Å²) in [6.07, 6.45) is -0.293. The van der Waals surface area contributed by atoms with E-state index >= 15 is 0 Å². The van der Waals surface area contributed by atoms with E-state index in [4.69, 9.17) is 9.47 Å². The van der Waals surface area contributed by atoms with E-state index in [9.17, 15) is 18.4 Å². The number of amides is 2. The Labute approximate surface area is 205 Å². The molecular formula is C26H33F2N3O4. The number of halogens is 2. The van der Waals surface area contributed by atoms with E-state index in [0.29, 0.717) is 30.1 Å². The summed E-state index contributed by atoms with van der Waals surface area (Å²) in [5, 5.41) is 2.69. The van der Waals surface area contributed by atoms with Crippen molar-refractivity contribution in [2.45, 2.75) is 39.5 Å². The van der Waals surface area contributed by atoms with Crippen molar-refractivity contribution in [3.05, 3.63) is 59.2 Å². The van der Waals surface area contributed by atoms with Crippen molar-refractivity contribution in [3.63, 3.8) is 0 Å². The lowest BCUT2D eigenvalue weighted by molar-refractivity contribution is -0.114. The summed E-state index contributed by atoms with van der Waals surface area (Å²) in [7, 11) is 3.28. The highest BCUT2D eigenvalue weighted by molar-refractivity contribution is 5.99. The van der Waals surface area contributed by atoms with E-state index in [-0.39, 0.29) is 48.6 Å². The molecule has 0 unspecified atom stereocenters. The van der Waals surface area contributed by atoms with Crippen LogP contribution in [0.3, 0.4) is 0 Å². The van der Waals surface area contributed by atoms with Gasteiger partial charge in [-0.05, 0) is 49.2 Å². The van der Waals surface area contributed by atoms with Gasteiger partial charge in [-0.25, -0.2) is 8.78 Å². The average molecular weight is 490 g/mol. The summed E-state index contributed by atoms with van der Waals surface area (Å²) < 4.78 is 40.0. The van der Waals surface area contributed by atoms with E-state index in [1.165, 1.54) is 13.0 Å². The van der Waals surface area contributed by atoms with Crippen LogP contribution in [0.25, 0.3) is 0 Å². The fraction of sp³-hybridized carbons (Fsp3) is 0.462. The number of ether oxygens (including phenoxy) is 2. The lowest BCUT2D eigenvalue weighted by Gasteiger charge is -2.36. The van der Waals surface area contributed by atoms with Crippen LogP contribution >= 0.6 is 0 Å². The fourth-order valence-corrected chi connectivity index (χ4v) is 4.24. The number of methoxy groups -OCH3 is 1. The van der Waals surface area contributed by atoms with Crippen molar-refractivity contribution in [1.82, 2.24) is 9.80 Å². The van der Waals surface area contributed by atoms with Crippen molar-refractivity contribution in [3.8, 4) is 5.75 Å². The molecule has 0 aromatic heterocycles. The monoisotopic (exact) mass is 489 g/mol. The van der Waals surface area contributed by atoms with E-state index in [0.717, 1.165) is 12.1 Å². The summed E-state index contributed by atoms with van der Waals surface area (Å²) in [6, 6.07) is 8.17. The lowest BCUT2D eigenvalue weighted by Crippen LogP contribution is -2.46. The van der Waals surface area contributed by atoms with Gasteiger partial charge in [-0.3, -0.25) is 14.5 Å². The van der Waals surface area contributed by atoms with Gasteiger partial charge in [0.2, 0.25) is 5.91 Å². The van der Waals surface area contributed by atoms with Crippen LogP contribution in [0.2, 0.25) is 0 Å². The molecule has 2 aromatic carbocycles. The van der Waals surface area contributed by atoms with Crippen LogP contribution in [0.5, 0.6) is 5.75 Å². The van der Waals surface area contributed by atoms with Crippen LogP contribution in [0.15, 0.2) is 36.4 Å². The first-order valence-electron chi connectivity index (χ1n) is 11.6. The standard InChI is InChI=1S/C26H33F2N3O4/c1-16-12-31(13-19-10-20(27)6-8-23(19)28)17(2)15-35-24-9-7-21(29-18(3)32)11-22(24)26(33)30(4)14-25(16)34-5/h6-11,16-17,25H,12-15H2,1-5H3,(H,29,32)/t16-,17+,25-/m1/s1. The predicted octanol–water partition coefficient (Wildman–Crippen LogP) is 3.93. The number of fused-ring (bicyclic) bond motifs is 1. The molecule has 0 bridgehead atoms. The molecule has 2 amide bonds. The number of hydrogen-bond acceptors (Lipinski definition) is 5. The molecule has 9 heteroatoms. The van der Waals surface area contributed by atoms with Crippen molar-refractivity contribution in [2.24, 2.45) is 5.92 Å². The zero-order valence-corrected chi connectivity index (χ0v) is 20.8. The largest absolute Gasteiger partial charge is 0.491 e. The smallest absolute Gasteiger partial charge is 0.257 e. The Kier molecular flexibility index (Phi) is 8.80. The molecule has 7 nitrogen and oxygen atoms in total. The van der Waals surface area contributed by atoms with Crippen LogP contribution in [-0.4, -0.2) is 67.6 Å². The van der Waals surface area contributed by atoms with Gasteiger partial charge in [-0.15, -0.1) is 0 Å². The number of anilines is 1. The third-order valence-corrected chi connectivity index (χ3v) is 6.28. The number of hydrogen-bond donors (Lipinski definition) is 1. The predicted molar refractivity (Wildman–Crippen MR) is 129 cm³/mol. The maximum atomic E-state index is 14.4. The third-order valence-electron chi connectivity index (χ3n) is 6.28. The van der Waals surface area contributed by atoms with Gasteiger partial charge in [-0.1, -0.05) is 6.92 Å². The molecule has 1 aliphatic rings. The van der Waals surface area contributed by atoms with Crippen LogP contribution in [0.4, 0.5) is 14.5 Å². The maximum Gasteiger partial charge on any atom is 0.257 e. The molecule has 3 rings (SSSR count). The summed E-state index contributed by atoms with van der Waals surface area (Å²) in [4.78, 5) is 28.4. The van der Waals surface area contributed by atoms with Gasteiger partial charge in [0.1, 0.15) is 24.0 Å². The number of likely N-dealkylation sites (N-methyl/N-ethyl adjacent to an activating group) is 1. The molecule has 0 spiro atoms. The van der Waals surface area contributed by atoms with E-state index in [1.54, 1.807) is 37.3 Å². The van der Waals surface area contributed by atoms with Gasteiger partial charge in [0.05, 0.1) is 11.7 Å². The number of benzene rings is 2.